The van der Waals surface area contributed by atoms with Crippen molar-refractivity contribution in [3.63, 3.8) is 0 Å². The molecule has 0 radical (unpaired) electrons. The van der Waals surface area contributed by atoms with E-state index in [1.165, 1.54) is 24.5 Å². The standard InChI is InChI=1S/C19H17Cl4F3N2O3S/c1-32(31)8-16(29)27-7-10-2-3-12(6-13(10)20)28-9-18(30,19(24,25)26)11-4-14(21)17(23)15(22)5-11/h2-6,28,30H,7-9H2,1H3,(H,27,29)/t18-,32+/m0/s1. The van der Waals surface area contributed by atoms with Gasteiger partial charge in [0.25, 0.3) is 0 Å². The topological polar surface area (TPSA) is 78.4 Å². The summed E-state index contributed by atoms with van der Waals surface area (Å²) in [5.74, 6) is -0.592. The lowest BCUT2D eigenvalue weighted by molar-refractivity contribution is -0.260. The summed E-state index contributed by atoms with van der Waals surface area (Å²) in [4.78, 5) is 11.6. The number of aliphatic hydroxyl groups is 1. The fourth-order valence-electron chi connectivity index (χ4n) is 2.62. The second-order valence-electron chi connectivity index (χ2n) is 6.77. The minimum Gasteiger partial charge on any atom is -0.381 e. The molecule has 0 saturated carbocycles. The molecule has 32 heavy (non-hydrogen) atoms. The van der Waals surface area contributed by atoms with Crippen molar-refractivity contribution in [1.29, 1.82) is 0 Å². The molecule has 0 spiro atoms. The van der Waals surface area contributed by atoms with Crippen LogP contribution < -0.4 is 10.6 Å². The fraction of sp³-hybridized carbons (Fsp3) is 0.316. The van der Waals surface area contributed by atoms with Crippen molar-refractivity contribution in [2.45, 2.75) is 18.3 Å². The second-order valence-corrected chi connectivity index (χ2v) is 9.80. The van der Waals surface area contributed by atoms with E-state index in [1.54, 1.807) is 0 Å². The lowest BCUT2D eigenvalue weighted by Crippen LogP contribution is -2.47. The molecule has 13 heteroatoms. The Labute approximate surface area is 204 Å². The molecule has 0 aliphatic rings. The zero-order valence-corrected chi connectivity index (χ0v) is 20.2. The molecule has 0 aliphatic carbocycles. The Kier molecular flexibility index (Phi) is 9.12. The number of hydrogen-bond donors (Lipinski definition) is 3. The van der Waals surface area contributed by atoms with Crippen molar-refractivity contribution in [3.8, 4) is 0 Å². The predicted octanol–water partition coefficient (Wildman–Crippen LogP) is 5.16. The molecule has 0 heterocycles. The normalized spacial score (nSPS) is 14.5. The van der Waals surface area contributed by atoms with Crippen LogP contribution in [0.1, 0.15) is 11.1 Å². The molecule has 1 amide bonds. The first-order chi connectivity index (χ1) is 14.7. The maximum atomic E-state index is 13.8. The smallest absolute Gasteiger partial charge is 0.381 e. The van der Waals surface area contributed by atoms with E-state index < -0.39 is 40.6 Å². The highest BCUT2D eigenvalue weighted by atomic mass is 35.5. The third kappa shape index (κ3) is 6.65. The number of carbonyl (C=O) groups is 1. The summed E-state index contributed by atoms with van der Waals surface area (Å²) in [7, 11) is -1.30. The van der Waals surface area contributed by atoms with Gasteiger partial charge in [0.05, 0.1) is 21.6 Å². The molecule has 0 fully saturated rings. The molecule has 5 nitrogen and oxygen atoms in total. The first-order valence-electron chi connectivity index (χ1n) is 8.77. The number of nitrogens with one attached hydrogen (secondary N) is 2. The van der Waals surface area contributed by atoms with Gasteiger partial charge < -0.3 is 15.7 Å². The van der Waals surface area contributed by atoms with Crippen LogP contribution in [0.15, 0.2) is 30.3 Å². The Hall–Kier alpha value is -1.23. The van der Waals surface area contributed by atoms with Gasteiger partial charge in [-0.2, -0.15) is 13.2 Å². The summed E-state index contributed by atoms with van der Waals surface area (Å²) in [6.45, 7) is -0.928. The molecule has 0 saturated heterocycles. The van der Waals surface area contributed by atoms with Crippen LogP contribution in [0.2, 0.25) is 20.1 Å². The van der Waals surface area contributed by atoms with Crippen LogP contribution in [-0.4, -0.2) is 40.0 Å². The molecule has 2 rings (SSSR count). The van der Waals surface area contributed by atoms with Crippen LogP contribution in [0.5, 0.6) is 0 Å². The lowest BCUT2D eigenvalue weighted by atomic mass is 9.92. The highest BCUT2D eigenvalue weighted by Crippen LogP contribution is 2.43. The van der Waals surface area contributed by atoms with Crippen molar-refractivity contribution < 1.29 is 27.3 Å². The fourth-order valence-corrected chi connectivity index (χ4v) is 3.94. The van der Waals surface area contributed by atoms with Crippen LogP contribution >= 0.6 is 46.4 Å². The van der Waals surface area contributed by atoms with Crippen molar-refractivity contribution in [3.05, 3.63) is 61.5 Å². The van der Waals surface area contributed by atoms with Gasteiger partial charge in [-0.3, -0.25) is 9.00 Å². The van der Waals surface area contributed by atoms with E-state index in [1.807, 2.05) is 0 Å². The minimum atomic E-state index is -5.08. The largest absolute Gasteiger partial charge is 0.423 e. The van der Waals surface area contributed by atoms with Crippen LogP contribution in [0.25, 0.3) is 0 Å². The number of carbonyl (C=O) groups excluding carboxylic acids is 1. The molecule has 2 aromatic carbocycles. The second kappa shape index (κ2) is 10.8. The van der Waals surface area contributed by atoms with Gasteiger partial charge in [-0.25, -0.2) is 0 Å². The van der Waals surface area contributed by atoms with Gasteiger partial charge in [0.1, 0.15) is 5.75 Å². The SMILES string of the molecule is C[S@@](=O)CC(=O)NCc1ccc(NC[C@](O)(c2cc(Cl)c(Cl)c(Cl)c2)C(F)(F)F)cc1Cl. The third-order valence-electron chi connectivity index (χ3n) is 4.34. The molecule has 2 aromatic rings. The summed E-state index contributed by atoms with van der Waals surface area (Å²) in [5.41, 5.74) is -3.24. The number of amides is 1. The molecule has 0 aromatic heterocycles. The van der Waals surface area contributed by atoms with Gasteiger partial charge in [-0.05, 0) is 35.4 Å². The van der Waals surface area contributed by atoms with E-state index >= 15 is 0 Å². The molecular weight excluding hydrogens is 535 g/mol. The number of benzene rings is 2. The first-order valence-corrected chi connectivity index (χ1v) is 12.0. The van der Waals surface area contributed by atoms with Crippen molar-refractivity contribution in [2.75, 3.05) is 23.9 Å². The maximum Gasteiger partial charge on any atom is 0.423 e. The molecule has 0 unspecified atom stereocenters. The van der Waals surface area contributed by atoms with Gasteiger partial charge in [0, 0.05) is 34.3 Å². The molecule has 0 aliphatic heterocycles. The van der Waals surface area contributed by atoms with Crippen LogP contribution in [0, 0.1) is 0 Å². The van der Waals surface area contributed by atoms with E-state index in [-0.39, 0.29) is 38.1 Å². The summed E-state index contributed by atoms with van der Waals surface area (Å²) < 4.78 is 52.4. The molecular formula is C19H17Cl4F3N2O3S. The Morgan fingerprint density at radius 1 is 1.06 bits per heavy atom. The van der Waals surface area contributed by atoms with E-state index in [4.69, 9.17) is 46.4 Å². The van der Waals surface area contributed by atoms with E-state index in [2.05, 4.69) is 10.6 Å². The van der Waals surface area contributed by atoms with Crippen LogP contribution in [0.4, 0.5) is 18.9 Å². The number of hydrogen-bond acceptors (Lipinski definition) is 4. The van der Waals surface area contributed by atoms with E-state index in [0.29, 0.717) is 5.56 Å². The molecule has 2 atom stereocenters. The third-order valence-corrected chi connectivity index (χ3v) is 6.56. The Morgan fingerprint density at radius 2 is 1.66 bits per heavy atom. The zero-order chi connectivity index (χ0) is 24.3. The predicted molar refractivity (Wildman–Crippen MR) is 122 cm³/mol. The highest BCUT2D eigenvalue weighted by molar-refractivity contribution is 7.85. The van der Waals surface area contributed by atoms with Crippen molar-refractivity contribution in [1.82, 2.24) is 5.32 Å². The van der Waals surface area contributed by atoms with Gasteiger partial charge >= 0.3 is 6.18 Å². The maximum absolute atomic E-state index is 13.8. The molecule has 176 valence electrons. The Bertz CT molecular complexity index is 1020. The quantitative estimate of drug-likeness (QED) is 0.396. The zero-order valence-electron chi connectivity index (χ0n) is 16.3. The number of alkyl halides is 3. The Balaban J connectivity index is 2.19. The van der Waals surface area contributed by atoms with Crippen molar-refractivity contribution >= 4 is 68.8 Å². The van der Waals surface area contributed by atoms with Crippen LogP contribution in [-0.2, 0) is 27.7 Å². The average Bonchev–Trinajstić information content (AvgIpc) is 2.67. The van der Waals surface area contributed by atoms with Crippen molar-refractivity contribution in [2.24, 2.45) is 0 Å². The van der Waals surface area contributed by atoms with Crippen LogP contribution in [0.3, 0.4) is 0 Å². The Morgan fingerprint density at radius 3 is 2.16 bits per heavy atom. The summed E-state index contributed by atoms with van der Waals surface area (Å²) >= 11 is 23.6. The van der Waals surface area contributed by atoms with E-state index in [9.17, 15) is 27.3 Å². The first kappa shape index (κ1) is 27.0. The number of rotatable bonds is 8. The van der Waals surface area contributed by atoms with E-state index in [0.717, 1.165) is 12.1 Å². The van der Waals surface area contributed by atoms with Gasteiger partial charge in [-0.15, -0.1) is 0 Å². The summed E-state index contributed by atoms with van der Waals surface area (Å²) in [6, 6.07) is 6.07. The minimum absolute atomic E-state index is 0.0450. The monoisotopic (exact) mass is 550 g/mol. The molecule has 3 N–H and O–H groups in total. The molecule has 0 bridgehead atoms. The highest BCUT2D eigenvalue weighted by Gasteiger charge is 2.55. The lowest BCUT2D eigenvalue weighted by Gasteiger charge is -2.32. The number of halogens is 7. The number of anilines is 1. The summed E-state index contributed by atoms with van der Waals surface area (Å²) in [5, 5.41) is 15.1. The van der Waals surface area contributed by atoms with Gasteiger partial charge in [-0.1, -0.05) is 52.5 Å². The van der Waals surface area contributed by atoms with Gasteiger partial charge in [0.2, 0.25) is 11.5 Å². The summed E-state index contributed by atoms with van der Waals surface area (Å²) in [6.07, 6.45) is -3.69. The average molecular weight is 552 g/mol. The van der Waals surface area contributed by atoms with Gasteiger partial charge in [0.15, 0.2) is 0 Å².